The van der Waals surface area contributed by atoms with Crippen LogP contribution in [0.3, 0.4) is 0 Å². The maximum atomic E-state index is 13.3. The Morgan fingerprint density at radius 1 is 1.12 bits per heavy atom. The van der Waals surface area contributed by atoms with Crippen molar-refractivity contribution in [1.82, 2.24) is 9.55 Å². The Hall–Kier alpha value is -2.66. The van der Waals surface area contributed by atoms with E-state index in [1.165, 1.54) is 0 Å². The largest absolute Gasteiger partial charge is 0.325 e. The molecule has 0 spiro atoms. The predicted octanol–water partition coefficient (Wildman–Crippen LogP) is 3.97. The third-order valence-corrected chi connectivity index (χ3v) is 5.47. The molecule has 0 bridgehead atoms. The molecule has 2 heterocycles. The number of nitrogens with one attached hydrogen (secondary N) is 1. The molecule has 0 saturated heterocycles. The van der Waals surface area contributed by atoms with Crippen LogP contribution in [0.15, 0.2) is 41.2 Å². The molecule has 1 aliphatic carbocycles. The fourth-order valence-corrected chi connectivity index (χ4v) is 3.79. The summed E-state index contributed by atoms with van der Waals surface area (Å²) >= 11 is 6.00. The molecule has 2 aliphatic rings. The normalized spacial score (nSPS) is 18.8. The zero-order valence-electron chi connectivity index (χ0n) is 14.1. The lowest BCUT2D eigenvalue weighted by molar-refractivity contribution is -0.116. The van der Waals surface area contributed by atoms with E-state index in [2.05, 4.69) is 5.32 Å². The molecule has 1 N–H and O–H groups in total. The van der Waals surface area contributed by atoms with Crippen molar-refractivity contribution in [3.63, 3.8) is 0 Å². The SMILES string of the molecule is CC1C(=O)Nc2ccc3c(=O)n(-c4ccc(Cl)cc4)c(C4CC4)nc3c21. The molecule has 1 saturated carbocycles. The fraction of sp³-hybridized carbons (Fsp3) is 0.250. The van der Waals surface area contributed by atoms with Crippen molar-refractivity contribution >= 4 is 34.1 Å². The number of halogens is 1. The molecule has 1 atom stereocenters. The van der Waals surface area contributed by atoms with Crippen molar-refractivity contribution in [3.8, 4) is 5.69 Å². The lowest BCUT2D eigenvalue weighted by Gasteiger charge is -2.15. The minimum atomic E-state index is -0.306. The molecule has 5 rings (SSSR count). The van der Waals surface area contributed by atoms with Crippen LogP contribution in [0.4, 0.5) is 5.69 Å². The number of aromatic nitrogens is 2. The van der Waals surface area contributed by atoms with Gasteiger partial charge in [-0.25, -0.2) is 4.98 Å². The van der Waals surface area contributed by atoms with Crippen molar-refractivity contribution in [2.24, 2.45) is 0 Å². The Kier molecular flexibility index (Phi) is 3.25. The second kappa shape index (κ2) is 5.42. The number of amides is 1. The van der Waals surface area contributed by atoms with E-state index in [-0.39, 0.29) is 23.3 Å². The average Bonchev–Trinajstić information content (AvgIpc) is 3.42. The number of hydrogen-bond donors (Lipinski definition) is 1. The summed E-state index contributed by atoms with van der Waals surface area (Å²) in [6.07, 6.45) is 2.04. The van der Waals surface area contributed by atoms with Gasteiger partial charge in [0.2, 0.25) is 5.91 Å². The molecule has 26 heavy (non-hydrogen) atoms. The van der Waals surface area contributed by atoms with Gasteiger partial charge < -0.3 is 5.32 Å². The maximum Gasteiger partial charge on any atom is 0.265 e. The Morgan fingerprint density at radius 2 is 1.85 bits per heavy atom. The second-order valence-electron chi connectivity index (χ2n) is 7.00. The van der Waals surface area contributed by atoms with Crippen molar-refractivity contribution in [2.75, 3.05) is 5.32 Å². The summed E-state index contributed by atoms with van der Waals surface area (Å²) in [5.74, 6) is 0.687. The molecule has 0 radical (unpaired) electrons. The quantitative estimate of drug-likeness (QED) is 0.747. The highest BCUT2D eigenvalue weighted by Crippen LogP contribution is 2.42. The number of carbonyl (C=O) groups is 1. The van der Waals surface area contributed by atoms with Gasteiger partial charge in [0.05, 0.1) is 22.5 Å². The van der Waals surface area contributed by atoms with Gasteiger partial charge in [-0.1, -0.05) is 11.6 Å². The third kappa shape index (κ3) is 2.20. The Balaban J connectivity index is 1.85. The van der Waals surface area contributed by atoms with Crippen LogP contribution in [0.25, 0.3) is 16.6 Å². The number of hydrogen-bond acceptors (Lipinski definition) is 3. The molecule has 1 unspecified atom stereocenters. The molecular weight excluding hydrogens is 350 g/mol. The fourth-order valence-electron chi connectivity index (χ4n) is 3.66. The molecule has 1 fully saturated rings. The first-order valence-corrected chi connectivity index (χ1v) is 9.09. The summed E-state index contributed by atoms with van der Waals surface area (Å²) in [5.41, 5.74) is 2.89. The number of benzene rings is 2. The topological polar surface area (TPSA) is 64.0 Å². The highest BCUT2D eigenvalue weighted by molar-refractivity contribution is 6.30. The molecule has 1 aromatic heterocycles. The first kappa shape index (κ1) is 15.6. The van der Waals surface area contributed by atoms with Crippen LogP contribution in [0.1, 0.15) is 43.0 Å². The van der Waals surface area contributed by atoms with Crippen molar-refractivity contribution < 1.29 is 4.79 Å². The first-order valence-electron chi connectivity index (χ1n) is 8.71. The summed E-state index contributed by atoms with van der Waals surface area (Å²) in [7, 11) is 0. The van der Waals surface area contributed by atoms with Crippen LogP contribution in [0, 0.1) is 0 Å². The zero-order valence-corrected chi connectivity index (χ0v) is 14.9. The number of anilines is 1. The van der Waals surface area contributed by atoms with Gasteiger partial charge in [0.25, 0.3) is 5.56 Å². The number of fused-ring (bicyclic) bond motifs is 3. The minimum Gasteiger partial charge on any atom is -0.325 e. The van der Waals surface area contributed by atoms with Crippen LogP contribution in [0.2, 0.25) is 5.02 Å². The highest BCUT2D eigenvalue weighted by atomic mass is 35.5. The van der Waals surface area contributed by atoms with Crippen molar-refractivity contribution in [3.05, 3.63) is 63.2 Å². The van der Waals surface area contributed by atoms with Crippen LogP contribution >= 0.6 is 11.6 Å². The minimum absolute atomic E-state index is 0.0517. The zero-order chi connectivity index (χ0) is 18.0. The van der Waals surface area contributed by atoms with E-state index < -0.39 is 0 Å². The van der Waals surface area contributed by atoms with Gasteiger partial charge in [-0.15, -0.1) is 0 Å². The smallest absolute Gasteiger partial charge is 0.265 e. The van der Waals surface area contributed by atoms with Crippen LogP contribution in [0.5, 0.6) is 0 Å². The molecule has 6 heteroatoms. The summed E-state index contributed by atoms with van der Waals surface area (Å²) in [5, 5.41) is 4.03. The molecule has 130 valence electrons. The predicted molar refractivity (Wildman–Crippen MR) is 101 cm³/mol. The van der Waals surface area contributed by atoms with Crippen LogP contribution < -0.4 is 10.9 Å². The molecule has 1 amide bonds. The van der Waals surface area contributed by atoms with Crippen LogP contribution in [-0.2, 0) is 4.79 Å². The summed E-state index contributed by atoms with van der Waals surface area (Å²) in [6, 6.07) is 10.8. The number of nitrogens with zero attached hydrogens (tertiary/aromatic N) is 2. The third-order valence-electron chi connectivity index (χ3n) is 5.22. The lowest BCUT2D eigenvalue weighted by Crippen LogP contribution is -2.24. The summed E-state index contributed by atoms with van der Waals surface area (Å²) in [4.78, 5) is 30.3. The second-order valence-corrected chi connectivity index (χ2v) is 7.43. The average molecular weight is 366 g/mol. The van der Waals surface area contributed by atoms with Crippen LogP contribution in [-0.4, -0.2) is 15.5 Å². The molecule has 2 aromatic carbocycles. The monoisotopic (exact) mass is 365 g/mol. The van der Waals surface area contributed by atoms with Gasteiger partial charge in [-0.3, -0.25) is 14.2 Å². The molecular formula is C20H16ClN3O2. The van der Waals surface area contributed by atoms with Crippen molar-refractivity contribution in [2.45, 2.75) is 31.6 Å². The maximum absolute atomic E-state index is 13.3. The molecule has 1 aliphatic heterocycles. The first-order chi connectivity index (χ1) is 12.5. The Bertz CT molecular complexity index is 1130. The van der Waals surface area contributed by atoms with Gasteiger partial charge in [-0.05, 0) is 56.2 Å². The van der Waals surface area contributed by atoms with Gasteiger partial charge in [-0.2, -0.15) is 0 Å². The van der Waals surface area contributed by atoms with E-state index in [4.69, 9.17) is 16.6 Å². The van der Waals surface area contributed by atoms with Crippen molar-refractivity contribution in [1.29, 1.82) is 0 Å². The lowest BCUT2D eigenvalue weighted by atomic mass is 9.99. The molecule has 3 aromatic rings. The summed E-state index contributed by atoms with van der Waals surface area (Å²) < 4.78 is 1.69. The summed E-state index contributed by atoms with van der Waals surface area (Å²) in [6.45, 7) is 1.85. The van der Waals surface area contributed by atoms with E-state index in [9.17, 15) is 9.59 Å². The van der Waals surface area contributed by atoms with E-state index in [1.54, 1.807) is 28.8 Å². The standard InChI is InChI=1S/C20H16ClN3O2/c1-10-16-15(22-19(10)25)9-8-14-17(16)23-18(11-2-3-11)24(20(14)26)13-6-4-12(21)5-7-13/h4-11H,2-3H2,1H3,(H,22,25). The highest BCUT2D eigenvalue weighted by Gasteiger charge is 2.33. The van der Waals surface area contributed by atoms with Gasteiger partial charge in [0.15, 0.2) is 0 Å². The molecule has 5 nitrogen and oxygen atoms in total. The van der Waals surface area contributed by atoms with E-state index in [0.717, 1.165) is 35.6 Å². The number of rotatable bonds is 2. The number of carbonyl (C=O) groups excluding carboxylic acids is 1. The van der Waals surface area contributed by atoms with Gasteiger partial charge >= 0.3 is 0 Å². The Labute approximate surface area is 154 Å². The van der Waals surface area contributed by atoms with E-state index >= 15 is 0 Å². The van der Waals surface area contributed by atoms with E-state index in [1.807, 2.05) is 19.1 Å². The van der Waals surface area contributed by atoms with E-state index in [0.29, 0.717) is 15.9 Å². The van der Waals surface area contributed by atoms with Gasteiger partial charge in [0, 0.05) is 22.2 Å². The Morgan fingerprint density at radius 3 is 2.54 bits per heavy atom. The van der Waals surface area contributed by atoms with Gasteiger partial charge in [0.1, 0.15) is 5.82 Å².